The molecule has 0 aromatic rings. The fourth-order valence-electron chi connectivity index (χ4n) is 1.84. The Morgan fingerprint density at radius 2 is 1.62 bits per heavy atom. The van der Waals surface area contributed by atoms with E-state index in [1.165, 1.54) is 12.8 Å². The van der Waals surface area contributed by atoms with Gasteiger partial charge >= 0.3 is 0 Å². The van der Waals surface area contributed by atoms with Gasteiger partial charge in [0.05, 0.1) is 6.10 Å². The van der Waals surface area contributed by atoms with Crippen molar-refractivity contribution < 1.29 is 5.11 Å². The first-order valence-corrected chi connectivity index (χ1v) is 5.70. The number of rotatable bonds is 7. The summed E-state index contributed by atoms with van der Waals surface area (Å²) in [4.78, 5) is 0. The molecule has 0 amide bonds. The molecule has 0 saturated heterocycles. The summed E-state index contributed by atoms with van der Waals surface area (Å²) in [6.07, 6.45) is 6.63. The lowest BCUT2D eigenvalue weighted by atomic mass is 9.82. The summed E-state index contributed by atoms with van der Waals surface area (Å²) in [7, 11) is 0. The maximum atomic E-state index is 9.58. The molecule has 0 heterocycles. The van der Waals surface area contributed by atoms with Gasteiger partial charge in [0, 0.05) is 0 Å². The van der Waals surface area contributed by atoms with E-state index in [0.29, 0.717) is 5.41 Å². The van der Waals surface area contributed by atoms with E-state index in [1.807, 2.05) is 0 Å². The Balaban J connectivity index is 3.60. The number of aliphatic hydroxyl groups is 1. The summed E-state index contributed by atoms with van der Waals surface area (Å²) in [5.41, 5.74) is 0.420. The molecule has 1 unspecified atom stereocenters. The van der Waals surface area contributed by atoms with Gasteiger partial charge in [-0.3, -0.25) is 0 Å². The summed E-state index contributed by atoms with van der Waals surface area (Å²) >= 11 is 0. The summed E-state index contributed by atoms with van der Waals surface area (Å²) < 4.78 is 0. The Hall–Kier alpha value is -0.0400. The van der Waals surface area contributed by atoms with Gasteiger partial charge in [-0.15, -0.1) is 0 Å². The van der Waals surface area contributed by atoms with Crippen molar-refractivity contribution in [2.45, 2.75) is 72.3 Å². The first-order chi connectivity index (χ1) is 6.02. The Morgan fingerprint density at radius 1 is 1.00 bits per heavy atom. The fraction of sp³-hybridized carbons (Fsp3) is 1.00. The van der Waals surface area contributed by atoms with Gasteiger partial charge in [-0.25, -0.2) is 0 Å². The summed E-state index contributed by atoms with van der Waals surface area (Å²) in [6.45, 7) is 8.95. The van der Waals surface area contributed by atoms with Crippen LogP contribution >= 0.6 is 0 Å². The van der Waals surface area contributed by atoms with E-state index in [0.717, 1.165) is 25.7 Å². The van der Waals surface area contributed by atoms with E-state index < -0.39 is 0 Å². The van der Waals surface area contributed by atoms with E-state index in [-0.39, 0.29) is 6.10 Å². The van der Waals surface area contributed by atoms with Crippen molar-refractivity contribution in [3.8, 4) is 0 Å². The zero-order valence-electron chi connectivity index (χ0n) is 9.77. The van der Waals surface area contributed by atoms with Crippen molar-refractivity contribution >= 4 is 0 Å². The molecule has 0 fully saturated rings. The van der Waals surface area contributed by atoms with Crippen LogP contribution in [-0.2, 0) is 0 Å². The summed E-state index contributed by atoms with van der Waals surface area (Å²) in [5.74, 6) is 0. The molecule has 0 aliphatic rings. The topological polar surface area (TPSA) is 20.2 Å². The molecule has 1 nitrogen and oxygen atoms in total. The molecule has 0 bridgehead atoms. The van der Waals surface area contributed by atoms with Crippen LogP contribution in [0.25, 0.3) is 0 Å². The van der Waals surface area contributed by atoms with Gasteiger partial charge in [0.2, 0.25) is 0 Å². The third-order valence-electron chi connectivity index (χ3n) is 2.70. The van der Waals surface area contributed by atoms with E-state index in [9.17, 15) is 5.11 Å². The molecular formula is C12H26O. The highest BCUT2D eigenvalue weighted by Gasteiger charge is 2.17. The second kappa shape index (κ2) is 6.42. The van der Waals surface area contributed by atoms with Crippen LogP contribution in [0.15, 0.2) is 0 Å². The highest BCUT2D eigenvalue weighted by molar-refractivity contribution is 4.70. The van der Waals surface area contributed by atoms with Crippen LogP contribution in [-0.4, -0.2) is 11.2 Å². The van der Waals surface area contributed by atoms with Crippen molar-refractivity contribution in [3.05, 3.63) is 0 Å². The maximum Gasteiger partial charge on any atom is 0.0540 e. The average Bonchev–Trinajstić information content (AvgIpc) is 2.02. The van der Waals surface area contributed by atoms with Crippen LogP contribution in [0.2, 0.25) is 0 Å². The summed E-state index contributed by atoms with van der Waals surface area (Å²) in [6, 6.07) is 0. The maximum absolute atomic E-state index is 9.58. The molecule has 0 saturated carbocycles. The van der Waals surface area contributed by atoms with Crippen molar-refractivity contribution in [2.75, 3.05) is 0 Å². The van der Waals surface area contributed by atoms with Crippen molar-refractivity contribution in [2.24, 2.45) is 5.41 Å². The van der Waals surface area contributed by atoms with Crippen LogP contribution < -0.4 is 0 Å². The molecule has 13 heavy (non-hydrogen) atoms. The molecule has 0 aliphatic heterocycles. The average molecular weight is 186 g/mol. The molecule has 1 N–H and O–H groups in total. The normalized spacial score (nSPS) is 14.5. The molecule has 0 spiro atoms. The smallest absolute Gasteiger partial charge is 0.0540 e. The van der Waals surface area contributed by atoms with E-state index in [4.69, 9.17) is 0 Å². The van der Waals surface area contributed by atoms with Gasteiger partial charge < -0.3 is 5.11 Å². The Labute approximate surface area is 83.5 Å². The predicted molar refractivity (Wildman–Crippen MR) is 58.8 cm³/mol. The highest BCUT2D eigenvalue weighted by atomic mass is 16.3. The minimum Gasteiger partial charge on any atom is -0.393 e. The Morgan fingerprint density at radius 3 is 2.08 bits per heavy atom. The molecule has 0 aromatic carbocycles. The fourth-order valence-corrected chi connectivity index (χ4v) is 1.84. The molecule has 1 atom stereocenters. The van der Waals surface area contributed by atoms with E-state index in [1.54, 1.807) is 0 Å². The van der Waals surface area contributed by atoms with E-state index in [2.05, 4.69) is 27.7 Å². The lowest BCUT2D eigenvalue weighted by molar-refractivity contribution is 0.130. The third kappa shape index (κ3) is 7.06. The molecule has 0 aliphatic carbocycles. The SMILES string of the molecule is CCCC(O)CCC(C)(C)CCC. The zero-order valence-corrected chi connectivity index (χ0v) is 9.77. The van der Waals surface area contributed by atoms with Gasteiger partial charge in [-0.1, -0.05) is 40.5 Å². The van der Waals surface area contributed by atoms with Gasteiger partial charge in [-0.2, -0.15) is 0 Å². The van der Waals surface area contributed by atoms with Crippen LogP contribution in [0.1, 0.15) is 66.2 Å². The zero-order chi connectivity index (χ0) is 10.3. The minimum absolute atomic E-state index is 0.0684. The number of hydrogen-bond acceptors (Lipinski definition) is 1. The van der Waals surface area contributed by atoms with Crippen LogP contribution in [0.4, 0.5) is 0 Å². The second-order valence-electron chi connectivity index (χ2n) is 4.90. The van der Waals surface area contributed by atoms with Gasteiger partial charge in [0.25, 0.3) is 0 Å². The quantitative estimate of drug-likeness (QED) is 0.642. The Kier molecular flexibility index (Phi) is 6.40. The lowest BCUT2D eigenvalue weighted by Crippen LogP contribution is -2.15. The lowest BCUT2D eigenvalue weighted by Gasteiger charge is -2.25. The molecule has 0 radical (unpaired) electrons. The highest BCUT2D eigenvalue weighted by Crippen LogP contribution is 2.29. The molecular weight excluding hydrogens is 160 g/mol. The van der Waals surface area contributed by atoms with Crippen LogP contribution in [0, 0.1) is 5.41 Å². The largest absolute Gasteiger partial charge is 0.393 e. The molecule has 0 aromatic heterocycles. The van der Waals surface area contributed by atoms with Gasteiger partial charge in [-0.05, 0) is 31.1 Å². The van der Waals surface area contributed by atoms with Crippen LogP contribution in [0.3, 0.4) is 0 Å². The number of aliphatic hydroxyl groups excluding tert-OH is 1. The van der Waals surface area contributed by atoms with Crippen molar-refractivity contribution in [1.82, 2.24) is 0 Å². The monoisotopic (exact) mass is 186 g/mol. The van der Waals surface area contributed by atoms with E-state index >= 15 is 0 Å². The van der Waals surface area contributed by atoms with Gasteiger partial charge in [0.1, 0.15) is 0 Å². The third-order valence-corrected chi connectivity index (χ3v) is 2.70. The van der Waals surface area contributed by atoms with Crippen LogP contribution in [0.5, 0.6) is 0 Å². The first kappa shape index (κ1) is 13.0. The van der Waals surface area contributed by atoms with Crippen molar-refractivity contribution in [1.29, 1.82) is 0 Å². The van der Waals surface area contributed by atoms with Crippen molar-refractivity contribution in [3.63, 3.8) is 0 Å². The Bertz CT molecular complexity index is 118. The first-order valence-electron chi connectivity index (χ1n) is 5.70. The van der Waals surface area contributed by atoms with Gasteiger partial charge in [0.15, 0.2) is 0 Å². The predicted octanol–water partition coefficient (Wildman–Crippen LogP) is 3.75. The molecule has 1 heteroatoms. The second-order valence-corrected chi connectivity index (χ2v) is 4.90. The minimum atomic E-state index is -0.0684. The molecule has 0 rings (SSSR count). The number of hydrogen-bond donors (Lipinski definition) is 1. The summed E-state index contributed by atoms with van der Waals surface area (Å²) in [5, 5.41) is 9.58. The standard InChI is InChI=1S/C12H26O/c1-5-7-11(13)8-10-12(3,4)9-6-2/h11,13H,5-10H2,1-4H3. The molecule has 80 valence electrons.